The van der Waals surface area contributed by atoms with E-state index in [1.54, 1.807) is 24.3 Å². The van der Waals surface area contributed by atoms with Gasteiger partial charge in [-0.05, 0) is 51.3 Å². The third-order valence-corrected chi connectivity index (χ3v) is 7.54. The monoisotopic (exact) mass is 447 g/mol. The lowest BCUT2D eigenvalue weighted by molar-refractivity contribution is 0.167. The van der Waals surface area contributed by atoms with E-state index >= 15 is 0 Å². The molecule has 1 N–H and O–H groups in total. The molecule has 160 valence electrons. The highest BCUT2D eigenvalue weighted by Gasteiger charge is 2.23. The van der Waals surface area contributed by atoms with Crippen molar-refractivity contribution in [2.45, 2.75) is 38.1 Å². The van der Waals surface area contributed by atoms with Gasteiger partial charge in [-0.15, -0.1) is 0 Å². The van der Waals surface area contributed by atoms with Gasteiger partial charge >= 0.3 is 0 Å². The summed E-state index contributed by atoms with van der Waals surface area (Å²) >= 11 is 1.40. The van der Waals surface area contributed by atoms with E-state index in [1.165, 1.54) is 21.9 Å². The molecule has 3 heterocycles. The number of hydrogen-bond donors (Lipinski definition) is 1. The van der Waals surface area contributed by atoms with Crippen LogP contribution in [0.3, 0.4) is 0 Å². The smallest absolute Gasteiger partial charge is 0.275 e. The summed E-state index contributed by atoms with van der Waals surface area (Å²) in [5, 5.41) is 4.97. The van der Waals surface area contributed by atoms with Crippen molar-refractivity contribution in [3.63, 3.8) is 0 Å². The number of nitrogens with zero attached hydrogens (tertiary/aromatic N) is 4. The van der Waals surface area contributed by atoms with Gasteiger partial charge in [-0.1, -0.05) is 29.0 Å². The van der Waals surface area contributed by atoms with E-state index in [0.29, 0.717) is 22.9 Å². The highest BCUT2D eigenvalue weighted by molar-refractivity contribution is 7.89. The molecule has 1 atom stereocenters. The fourth-order valence-electron chi connectivity index (χ4n) is 3.75. The normalized spacial score (nSPS) is 18.1. The molecule has 10 heteroatoms. The van der Waals surface area contributed by atoms with Crippen molar-refractivity contribution in [3.05, 3.63) is 57.0 Å². The SMILES string of the molecule is Cc1ccc(S(=O)(=O)NCC2CCCN(Cc3cc(=O)n4nc(C)sc4n3)C2)cc1. The number of likely N-dealkylation sites (tertiary alicyclic amines) is 1. The van der Waals surface area contributed by atoms with Crippen molar-refractivity contribution in [2.75, 3.05) is 19.6 Å². The second-order valence-corrected chi connectivity index (χ2v) is 10.7. The topological polar surface area (TPSA) is 96.7 Å². The molecule has 3 aromatic rings. The van der Waals surface area contributed by atoms with Gasteiger partial charge in [-0.25, -0.2) is 18.1 Å². The minimum atomic E-state index is -3.51. The standard InChI is InChI=1S/C20H25N5O3S2/c1-14-5-7-18(8-6-14)30(27,28)21-11-16-4-3-9-24(12-16)13-17-10-19(26)25-20(22-17)29-15(2)23-25/h5-8,10,16,21H,3-4,9,11-13H2,1-2H3. The molecule has 0 bridgehead atoms. The van der Waals surface area contributed by atoms with Crippen LogP contribution in [0, 0.1) is 19.8 Å². The number of sulfonamides is 1. The Labute approximate surface area is 179 Å². The van der Waals surface area contributed by atoms with Crippen LogP contribution in [-0.2, 0) is 16.6 Å². The second-order valence-electron chi connectivity index (χ2n) is 7.81. The largest absolute Gasteiger partial charge is 0.297 e. The number of rotatable bonds is 6. The number of piperidine rings is 1. The Bertz CT molecular complexity index is 1200. The van der Waals surface area contributed by atoms with Gasteiger partial charge in [0.2, 0.25) is 15.0 Å². The Kier molecular flexibility index (Phi) is 6.01. The average molecular weight is 448 g/mol. The predicted molar refractivity (Wildman–Crippen MR) is 116 cm³/mol. The zero-order valence-corrected chi connectivity index (χ0v) is 18.7. The van der Waals surface area contributed by atoms with Crippen molar-refractivity contribution in [1.82, 2.24) is 24.2 Å². The van der Waals surface area contributed by atoms with Crippen molar-refractivity contribution < 1.29 is 8.42 Å². The molecule has 1 aromatic carbocycles. The van der Waals surface area contributed by atoms with E-state index in [2.05, 4.69) is 19.7 Å². The van der Waals surface area contributed by atoms with E-state index in [-0.39, 0.29) is 11.5 Å². The summed E-state index contributed by atoms with van der Waals surface area (Å²) in [6, 6.07) is 8.40. The molecule has 1 aliphatic rings. The van der Waals surface area contributed by atoms with Crippen LogP contribution in [0.5, 0.6) is 0 Å². The Hall–Kier alpha value is -2.14. The summed E-state index contributed by atoms with van der Waals surface area (Å²) in [5.41, 5.74) is 1.58. The van der Waals surface area contributed by atoms with Crippen LogP contribution in [0.15, 0.2) is 40.0 Å². The Morgan fingerprint density at radius 3 is 2.77 bits per heavy atom. The molecule has 30 heavy (non-hydrogen) atoms. The lowest BCUT2D eigenvalue weighted by Gasteiger charge is -2.32. The van der Waals surface area contributed by atoms with Gasteiger partial charge in [0.15, 0.2) is 0 Å². The Balaban J connectivity index is 1.39. The first-order chi connectivity index (χ1) is 14.3. The van der Waals surface area contributed by atoms with Crippen molar-refractivity contribution in [1.29, 1.82) is 0 Å². The van der Waals surface area contributed by atoms with E-state index < -0.39 is 10.0 Å². The molecule has 1 unspecified atom stereocenters. The van der Waals surface area contributed by atoms with Gasteiger partial charge in [-0.3, -0.25) is 9.69 Å². The fraction of sp³-hybridized carbons (Fsp3) is 0.450. The molecule has 0 aliphatic carbocycles. The number of benzene rings is 1. The predicted octanol–water partition coefficient (Wildman–Crippen LogP) is 1.96. The lowest BCUT2D eigenvalue weighted by Crippen LogP contribution is -2.40. The van der Waals surface area contributed by atoms with Gasteiger partial charge in [0.05, 0.1) is 10.6 Å². The maximum absolute atomic E-state index is 12.5. The summed E-state index contributed by atoms with van der Waals surface area (Å²) in [7, 11) is -3.51. The van der Waals surface area contributed by atoms with Crippen LogP contribution in [0.1, 0.15) is 29.1 Å². The van der Waals surface area contributed by atoms with Gasteiger partial charge in [0, 0.05) is 25.7 Å². The zero-order valence-electron chi connectivity index (χ0n) is 17.0. The molecule has 1 aliphatic heterocycles. The molecule has 1 saturated heterocycles. The van der Waals surface area contributed by atoms with Crippen LogP contribution in [0.4, 0.5) is 0 Å². The maximum Gasteiger partial charge on any atom is 0.275 e. The van der Waals surface area contributed by atoms with Gasteiger partial charge < -0.3 is 0 Å². The van der Waals surface area contributed by atoms with Crippen LogP contribution < -0.4 is 10.3 Å². The van der Waals surface area contributed by atoms with Crippen LogP contribution in [-0.4, -0.2) is 47.6 Å². The molecule has 0 saturated carbocycles. The van der Waals surface area contributed by atoms with E-state index in [9.17, 15) is 13.2 Å². The van der Waals surface area contributed by atoms with E-state index in [4.69, 9.17) is 0 Å². The molecule has 2 aromatic heterocycles. The number of fused-ring (bicyclic) bond motifs is 1. The molecular formula is C20H25N5O3S2. The van der Waals surface area contributed by atoms with Crippen molar-refractivity contribution in [2.24, 2.45) is 5.92 Å². The molecular weight excluding hydrogens is 422 g/mol. The third-order valence-electron chi connectivity index (χ3n) is 5.28. The molecule has 8 nitrogen and oxygen atoms in total. The summed E-state index contributed by atoms with van der Waals surface area (Å²) < 4.78 is 29.2. The van der Waals surface area contributed by atoms with Gasteiger partial charge in [0.1, 0.15) is 5.01 Å². The molecule has 1 fully saturated rings. The molecule has 0 radical (unpaired) electrons. The number of nitrogens with one attached hydrogen (secondary N) is 1. The van der Waals surface area contributed by atoms with Crippen LogP contribution >= 0.6 is 11.3 Å². The molecule has 4 rings (SSSR count). The first-order valence-corrected chi connectivity index (χ1v) is 12.3. The summed E-state index contributed by atoms with van der Waals surface area (Å²) in [6.07, 6.45) is 1.95. The van der Waals surface area contributed by atoms with E-state index in [0.717, 1.165) is 42.2 Å². The van der Waals surface area contributed by atoms with Crippen molar-refractivity contribution in [3.8, 4) is 0 Å². The average Bonchev–Trinajstić information content (AvgIpc) is 3.08. The zero-order chi connectivity index (χ0) is 21.3. The van der Waals surface area contributed by atoms with E-state index in [1.807, 2.05) is 13.8 Å². The first kappa shape index (κ1) is 21.1. The second kappa shape index (κ2) is 8.54. The minimum Gasteiger partial charge on any atom is -0.297 e. The fourth-order valence-corrected chi connectivity index (χ4v) is 5.63. The van der Waals surface area contributed by atoms with Crippen molar-refractivity contribution >= 4 is 26.3 Å². The number of aryl methyl sites for hydroxylation is 2. The number of aromatic nitrogens is 3. The summed E-state index contributed by atoms with van der Waals surface area (Å²) in [5.74, 6) is 0.217. The quantitative estimate of drug-likeness (QED) is 0.621. The summed E-state index contributed by atoms with van der Waals surface area (Å²) in [6.45, 7) is 6.42. The van der Waals surface area contributed by atoms with Crippen LogP contribution in [0.25, 0.3) is 4.96 Å². The summed E-state index contributed by atoms with van der Waals surface area (Å²) in [4.78, 5) is 20.0. The Morgan fingerprint density at radius 2 is 2.00 bits per heavy atom. The van der Waals surface area contributed by atoms with Crippen LogP contribution in [0.2, 0.25) is 0 Å². The third kappa shape index (κ3) is 4.77. The molecule has 0 amide bonds. The lowest BCUT2D eigenvalue weighted by atomic mass is 9.98. The maximum atomic E-state index is 12.5. The highest BCUT2D eigenvalue weighted by atomic mass is 32.2. The van der Waals surface area contributed by atoms with Gasteiger partial charge in [0.25, 0.3) is 5.56 Å². The molecule has 0 spiro atoms. The first-order valence-electron chi connectivity index (χ1n) is 9.95. The minimum absolute atomic E-state index is 0.168. The Morgan fingerprint density at radius 1 is 1.23 bits per heavy atom. The van der Waals surface area contributed by atoms with Gasteiger partial charge in [-0.2, -0.15) is 9.61 Å². The highest BCUT2D eigenvalue weighted by Crippen LogP contribution is 2.19. The number of hydrogen-bond acceptors (Lipinski definition) is 7.